The average Bonchev–Trinajstić information content (AvgIpc) is 3.59. The van der Waals surface area contributed by atoms with Crippen molar-refractivity contribution in [1.29, 1.82) is 0 Å². The summed E-state index contributed by atoms with van der Waals surface area (Å²) < 4.78 is 0. The summed E-state index contributed by atoms with van der Waals surface area (Å²) in [5.41, 5.74) is 17.9. The highest BCUT2D eigenvalue weighted by molar-refractivity contribution is 6.24. The van der Waals surface area contributed by atoms with Crippen molar-refractivity contribution in [2.75, 3.05) is 0 Å². The molecule has 0 saturated heterocycles. The molecule has 0 N–H and O–H groups in total. The summed E-state index contributed by atoms with van der Waals surface area (Å²) in [7, 11) is 0. The van der Waals surface area contributed by atoms with Gasteiger partial charge >= 0.3 is 0 Å². The van der Waals surface area contributed by atoms with Crippen LogP contribution in [0.1, 0.15) is 25.0 Å². The SMILES string of the molecule is CC1(C)c2ccccc2-c2ccc(-c3c4ccccc4c(-c4ccc(-c5c6ccccc6c(-c6ccccc6-c6ccc7ccccc7c6)c6ccccc56)cc4)c4ccccc34)cc21. The maximum Gasteiger partial charge on any atom is 0.0159 e. The minimum Gasteiger partial charge on any atom is -0.0619 e. The highest BCUT2D eigenvalue weighted by atomic mass is 14.4. The molecule has 0 bridgehead atoms. The molecule has 0 atom stereocenters. The van der Waals surface area contributed by atoms with Gasteiger partial charge in [0.15, 0.2) is 0 Å². The molecule has 0 heteroatoms. The molecule has 12 aromatic rings. The van der Waals surface area contributed by atoms with Crippen molar-refractivity contribution in [3.05, 3.63) is 242 Å². The number of benzene rings is 12. The molecule has 0 nitrogen and oxygen atoms in total. The van der Waals surface area contributed by atoms with Gasteiger partial charge in [-0.2, -0.15) is 0 Å². The summed E-state index contributed by atoms with van der Waals surface area (Å²) >= 11 is 0. The van der Waals surface area contributed by atoms with E-state index in [9.17, 15) is 0 Å². The van der Waals surface area contributed by atoms with E-state index in [1.54, 1.807) is 0 Å². The van der Waals surface area contributed by atoms with Crippen molar-refractivity contribution in [2.24, 2.45) is 0 Å². The van der Waals surface area contributed by atoms with Gasteiger partial charge in [0.25, 0.3) is 0 Å². The van der Waals surface area contributed by atoms with Crippen molar-refractivity contribution >= 4 is 53.9 Å². The van der Waals surface area contributed by atoms with E-state index in [0.29, 0.717) is 0 Å². The molecule has 0 unspecified atom stereocenters. The molecule has 12 aromatic carbocycles. The van der Waals surface area contributed by atoms with Crippen LogP contribution in [-0.4, -0.2) is 0 Å². The molecule has 0 aromatic heterocycles. The first-order chi connectivity index (χ1) is 32.0. The normalized spacial score (nSPS) is 12.9. The molecular formula is C65H44. The Labute approximate surface area is 379 Å². The predicted octanol–water partition coefficient (Wildman–Crippen LogP) is 18.1. The fraction of sp³-hybridized carbons (Fsp3) is 0.0462. The number of hydrogen-bond donors (Lipinski definition) is 0. The van der Waals surface area contributed by atoms with Crippen LogP contribution in [0, 0.1) is 0 Å². The molecule has 0 saturated carbocycles. The van der Waals surface area contributed by atoms with E-state index in [1.807, 2.05) is 0 Å². The first-order valence-electron chi connectivity index (χ1n) is 22.8. The maximum absolute atomic E-state index is 2.47. The third-order valence-electron chi connectivity index (χ3n) is 14.5. The Morgan fingerprint density at radius 1 is 0.231 bits per heavy atom. The lowest BCUT2D eigenvalue weighted by Crippen LogP contribution is -2.14. The highest BCUT2D eigenvalue weighted by Gasteiger charge is 2.35. The van der Waals surface area contributed by atoms with E-state index in [4.69, 9.17) is 0 Å². The second-order valence-corrected chi connectivity index (χ2v) is 18.3. The highest BCUT2D eigenvalue weighted by Crippen LogP contribution is 2.52. The standard InChI is InChI=1S/C65H44/c1-65(2)59-30-16-15-20-48(59)49-38-37-46(40-60(49)65)63-53-24-9-7-22-51(53)61(52-23-8-10-25-54(52)63)42-32-34-43(35-33-42)62-55-26-11-13-28-57(55)64(58-29-14-12-27-56(58)62)50-21-6-5-19-47(50)45-36-31-41-17-3-4-18-44(41)39-45/h3-40H,1-2H3. The molecule has 304 valence electrons. The Kier molecular flexibility index (Phi) is 8.36. The minimum absolute atomic E-state index is 0.0748. The lowest BCUT2D eigenvalue weighted by atomic mass is 9.80. The summed E-state index contributed by atoms with van der Waals surface area (Å²) in [6.07, 6.45) is 0. The van der Waals surface area contributed by atoms with Gasteiger partial charge in [-0.15, -0.1) is 0 Å². The van der Waals surface area contributed by atoms with E-state index >= 15 is 0 Å². The van der Waals surface area contributed by atoms with Crippen LogP contribution in [-0.2, 0) is 5.41 Å². The lowest BCUT2D eigenvalue weighted by Gasteiger charge is -2.23. The van der Waals surface area contributed by atoms with Crippen LogP contribution in [0.15, 0.2) is 231 Å². The monoisotopic (exact) mass is 824 g/mol. The van der Waals surface area contributed by atoms with E-state index < -0.39 is 0 Å². The second-order valence-electron chi connectivity index (χ2n) is 18.3. The minimum atomic E-state index is -0.0748. The van der Waals surface area contributed by atoms with Crippen molar-refractivity contribution in [2.45, 2.75) is 19.3 Å². The quantitative estimate of drug-likeness (QED) is 0.152. The molecule has 0 amide bonds. The van der Waals surface area contributed by atoms with Crippen LogP contribution in [0.25, 0.3) is 121 Å². The van der Waals surface area contributed by atoms with Crippen LogP contribution in [0.4, 0.5) is 0 Å². The fourth-order valence-electron chi connectivity index (χ4n) is 11.5. The topological polar surface area (TPSA) is 0 Å². The number of fused-ring (bicyclic) bond motifs is 8. The Bertz CT molecular complexity index is 3790. The smallest absolute Gasteiger partial charge is 0.0159 e. The van der Waals surface area contributed by atoms with Gasteiger partial charge in [-0.05, 0) is 144 Å². The third-order valence-corrected chi connectivity index (χ3v) is 14.5. The molecule has 0 heterocycles. The summed E-state index contributed by atoms with van der Waals surface area (Å²) in [6.45, 7) is 4.74. The molecule has 0 radical (unpaired) electrons. The average molecular weight is 825 g/mol. The van der Waals surface area contributed by atoms with E-state index in [2.05, 4.69) is 244 Å². The zero-order valence-electron chi connectivity index (χ0n) is 36.4. The van der Waals surface area contributed by atoms with Crippen molar-refractivity contribution < 1.29 is 0 Å². The number of rotatable bonds is 5. The number of hydrogen-bond acceptors (Lipinski definition) is 0. The van der Waals surface area contributed by atoms with Gasteiger partial charge in [0.05, 0.1) is 0 Å². The van der Waals surface area contributed by atoms with Gasteiger partial charge < -0.3 is 0 Å². The predicted molar refractivity (Wildman–Crippen MR) is 279 cm³/mol. The van der Waals surface area contributed by atoms with Gasteiger partial charge in [-0.25, -0.2) is 0 Å². The molecule has 0 aliphatic heterocycles. The molecule has 1 aliphatic carbocycles. The molecular weight excluding hydrogens is 781 g/mol. The van der Waals surface area contributed by atoms with Crippen LogP contribution in [0.5, 0.6) is 0 Å². The largest absolute Gasteiger partial charge is 0.0619 e. The van der Waals surface area contributed by atoms with Crippen LogP contribution >= 0.6 is 0 Å². The summed E-state index contributed by atoms with van der Waals surface area (Å²) in [4.78, 5) is 0. The van der Waals surface area contributed by atoms with Gasteiger partial charge in [0, 0.05) is 5.41 Å². The van der Waals surface area contributed by atoms with E-state index in [-0.39, 0.29) is 5.41 Å². The van der Waals surface area contributed by atoms with Gasteiger partial charge in [-0.3, -0.25) is 0 Å². The third kappa shape index (κ3) is 5.70. The van der Waals surface area contributed by atoms with Crippen molar-refractivity contribution in [1.82, 2.24) is 0 Å². The Morgan fingerprint density at radius 3 is 1.14 bits per heavy atom. The zero-order chi connectivity index (χ0) is 43.2. The first-order valence-corrected chi connectivity index (χ1v) is 22.8. The molecule has 65 heavy (non-hydrogen) atoms. The maximum atomic E-state index is 2.47. The zero-order valence-corrected chi connectivity index (χ0v) is 36.4. The van der Waals surface area contributed by atoms with Crippen molar-refractivity contribution in [3.8, 4) is 66.8 Å². The molecule has 0 spiro atoms. The van der Waals surface area contributed by atoms with Crippen molar-refractivity contribution in [3.63, 3.8) is 0 Å². The molecule has 1 aliphatic rings. The Hall–Kier alpha value is -8.06. The fourth-order valence-corrected chi connectivity index (χ4v) is 11.5. The Morgan fingerprint density at radius 2 is 0.600 bits per heavy atom. The first kappa shape index (κ1) is 37.5. The van der Waals surface area contributed by atoms with Crippen LogP contribution in [0.2, 0.25) is 0 Å². The second kappa shape index (κ2) is 14.5. The van der Waals surface area contributed by atoms with Gasteiger partial charge in [0.2, 0.25) is 0 Å². The van der Waals surface area contributed by atoms with E-state index in [0.717, 1.165) is 0 Å². The summed E-state index contributed by atoms with van der Waals surface area (Å²) in [6, 6.07) is 86.0. The van der Waals surface area contributed by atoms with Crippen LogP contribution in [0.3, 0.4) is 0 Å². The van der Waals surface area contributed by atoms with E-state index in [1.165, 1.54) is 132 Å². The summed E-state index contributed by atoms with van der Waals surface area (Å²) in [5.74, 6) is 0. The van der Waals surface area contributed by atoms with Crippen LogP contribution < -0.4 is 0 Å². The summed E-state index contributed by atoms with van der Waals surface area (Å²) in [5, 5.41) is 12.6. The van der Waals surface area contributed by atoms with Gasteiger partial charge in [-0.1, -0.05) is 232 Å². The molecule has 0 fully saturated rings. The lowest BCUT2D eigenvalue weighted by molar-refractivity contribution is 0.660. The Balaban J connectivity index is 0.973. The van der Waals surface area contributed by atoms with Gasteiger partial charge in [0.1, 0.15) is 0 Å². The molecule has 13 rings (SSSR count).